The molecule has 1 rings (SSSR count). The van der Waals surface area contributed by atoms with Gasteiger partial charge in [-0.1, -0.05) is 0 Å². The van der Waals surface area contributed by atoms with E-state index in [-0.39, 0.29) is 25.2 Å². The van der Waals surface area contributed by atoms with Gasteiger partial charge in [0.1, 0.15) is 33.5 Å². The average molecular weight is 686 g/mol. The molecule has 0 aliphatic heterocycles. The van der Waals surface area contributed by atoms with Gasteiger partial charge in [-0.3, -0.25) is 9.59 Å². The number of nitrogens with zero attached hydrogens (tertiary/aromatic N) is 2. The van der Waals surface area contributed by atoms with Crippen molar-refractivity contribution in [3.63, 3.8) is 0 Å². The summed E-state index contributed by atoms with van der Waals surface area (Å²) >= 11 is 3.23. The van der Waals surface area contributed by atoms with Gasteiger partial charge in [-0.25, -0.2) is 19.4 Å². The van der Waals surface area contributed by atoms with Crippen molar-refractivity contribution in [2.24, 2.45) is 0 Å². The van der Waals surface area contributed by atoms with Crippen LogP contribution in [0.5, 0.6) is 0 Å². The molecule has 2 unspecified atom stereocenters. The van der Waals surface area contributed by atoms with Gasteiger partial charge in [0.25, 0.3) is 5.91 Å². The summed E-state index contributed by atoms with van der Waals surface area (Å²) < 4.78 is 17.0. The average Bonchev–Trinajstić information content (AvgIpc) is 2.85. The summed E-state index contributed by atoms with van der Waals surface area (Å²) in [4.78, 5) is 69.5. The number of ether oxygens (including phenoxy) is 3. The number of hydrogen-bond acceptors (Lipinski definition) is 9. The van der Waals surface area contributed by atoms with Gasteiger partial charge in [0.2, 0.25) is 0 Å². The molecule has 2 N–H and O–H groups in total. The van der Waals surface area contributed by atoms with Crippen LogP contribution in [-0.4, -0.2) is 82.2 Å². The van der Waals surface area contributed by atoms with Crippen molar-refractivity contribution in [1.82, 2.24) is 20.5 Å². The fourth-order valence-electron chi connectivity index (χ4n) is 3.79. The summed E-state index contributed by atoms with van der Waals surface area (Å²) in [6.07, 6.45) is 2.51. The lowest BCUT2D eigenvalue weighted by Gasteiger charge is -2.31. The second-order valence-electron chi connectivity index (χ2n) is 13.4. The molecule has 0 spiro atoms. The van der Waals surface area contributed by atoms with E-state index in [0.717, 1.165) is 0 Å². The first-order chi connectivity index (χ1) is 20.1. The molecule has 0 aliphatic rings. The molecule has 0 saturated heterocycles. The van der Waals surface area contributed by atoms with Crippen LogP contribution in [0.25, 0.3) is 0 Å². The number of esters is 3. The molecular weight excluding hydrogens is 636 g/mol. The van der Waals surface area contributed by atoms with E-state index in [9.17, 15) is 24.0 Å². The minimum atomic E-state index is -1.17. The van der Waals surface area contributed by atoms with E-state index in [4.69, 9.17) is 14.2 Å². The van der Waals surface area contributed by atoms with Crippen LogP contribution in [0.4, 0.5) is 4.79 Å². The van der Waals surface area contributed by atoms with E-state index in [1.165, 1.54) is 18.1 Å². The molecule has 1 aromatic heterocycles. The number of likely N-dealkylation sites (N-methyl/N-ethyl adjacent to an activating group) is 1. The molecule has 0 aliphatic carbocycles. The first kappa shape index (κ1) is 38.8. The molecule has 0 radical (unpaired) electrons. The topological polar surface area (TPSA) is 153 Å². The van der Waals surface area contributed by atoms with Crippen molar-refractivity contribution in [3.05, 3.63) is 28.5 Å². The highest BCUT2D eigenvalue weighted by Gasteiger charge is 2.34. The van der Waals surface area contributed by atoms with Gasteiger partial charge in [0, 0.05) is 26.2 Å². The number of aromatic nitrogens is 1. The molecule has 12 nitrogen and oxygen atoms in total. The molecule has 1 aromatic rings. The van der Waals surface area contributed by atoms with Gasteiger partial charge in [0.05, 0.1) is 5.56 Å². The van der Waals surface area contributed by atoms with E-state index in [2.05, 4.69) is 31.5 Å². The summed E-state index contributed by atoms with van der Waals surface area (Å²) in [6.45, 7) is 15.8. The monoisotopic (exact) mass is 684 g/mol. The van der Waals surface area contributed by atoms with Gasteiger partial charge in [-0.2, -0.15) is 0 Å². The number of pyridine rings is 1. The molecule has 1 heterocycles. The summed E-state index contributed by atoms with van der Waals surface area (Å²) in [6, 6.07) is 0.463. The summed E-state index contributed by atoms with van der Waals surface area (Å²) in [5, 5.41) is 5.44. The Morgan fingerprint density at radius 2 is 1.41 bits per heavy atom. The predicted molar refractivity (Wildman–Crippen MR) is 169 cm³/mol. The molecule has 2 atom stereocenters. The zero-order chi connectivity index (χ0) is 33.9. The Hall–Kier alpha value is -3.22. The maximum atomic E-state index is 13.4. The minimum absolute atomic E-state index is 0.0614. The molecule has 248 valence electrons. The fourth-order valence-corrected chi connectivity index (χ4v) is 4.02. The third kappa shape index (κ3) is 16.0. The maximum Gasteiger partial charge on any atom is 0.329 e. The number of halogens is 1. The number of nitrogens with one attached hydrogen (secondary N) is 2. The first-order valence-electron chi connectivity index (χ1n) is 14.7. The quantitative estimate of drug-likeness (QED) is 0.127. The van der Waals surface area contributed by atoms with Gasteiger partial charge in [-0.05, 0) is 116 Å². The van der Waals surface area contributed by atoms with Crippen molar-refractivity contribution in [3.8, 4) is 0 Å². The van der Waals surface area contributed by atoms with Gasteiger partial charge in [-0.15, -0.1) is 0 Å². The third-order valence-corrected chi connectivity index (χ3v) is 6.16. The highest BCUT2D eigenvalue weighted by atomic mass is 79.9. The first-order valence-corrected chi connectivity index (χ1v) is 15.5. The van der Waals surface area contributed by atoms with E-state index < -0.39 is 52.8 Å². The lowest BCUT2D eigenvalue weighted by molar-refractivity contribution is -0.160. The van der Waals surface area contributed by atoms with E-state index in [1.807, 2.05) is 0 Å². The molecule has 0 fully saturated rings. The highest BCUT2D eigenvalue weighted by Crippen LogP contribution is 2.17. The van der Waals surface area contributed by atoms with Crippen LogP contribution in [-0.2, 0) is 28.6 Å². The molecule has 0 bridgehead atoms. The van der Waals surface area contributed by atoms with E-state index >= 15 is 0 Å². The Morgan fingerprint density at radius 1 is 0.841 bits per heavy atom. The highest BCUT2D eigenvalue weighted by molar-refractivity contribution is 9.10. The summed E-state index contributed by atoms with van der Waals surface area (Å²) in [5.74, 6) is -2.12. The van der Waals surface area contributed by atoms with Crippen LogP contribution < -0.4 is 10.6 Å². The number of carbonyl (C=O) groups excluding carboxylic acids is 5. The van der Waals surface area contributed by atoms with Crippen molar-refractivity contribution >= 4 is 45.8 Å². The largest absolute Gasteiger partial charge is 0.460 e. The summed E-state index contributed by atoms with van der Waals surface area (Å²) in [7, 11) is 1.44. The number of unbranched alkanes of at least 4 members (excludes halogenated alkanes) is 1. The van der Waals surface area contributed by atoms with Crippen molar-refractivity contribution < 1.29 is 38.2 Å². The number of carbonyl (C=O) groups is 5. The summed E-state index contributed by atoms with van der Waals surface area (Å²) in [5.41, 5.74) is -1.92. The Bertz CT molecular complexity index is 1140. The lowest BCUT2D eigenvalue weighted by Crippen LogP contribution is -2.53. The normalized spacial score (nSPS) is 13.2. The Morgan fingerprint density at radius 3 is 1.93 bits per heavy atom. The van der Waals surface area contributed by atoms with Gasteiger partial charge >= 0.3 is 23.9 Å². The minimum Gasteiger partial charge on any atom is -0.460 e. The number of hydrogen-bond donors (Lipinski definition) is 2. The Labute approximate surface area is 269 Å². The standard InChI is InChI=1S/C31H49BrN4O8/c1-29(2,3)42-24(37)17-15-21(26(39)43-30(4,5)6)35-28(41)36(10)22(27(40)44-31(7,8)9)13-11-12-18-33-25(38)20-14-16-23(32)34-19-20/h14,16,19,21-22H,11-13,15,17-18H2,1-10H3,(H,33,38)(H,35,41). The van der Waals surface area contributed by atoms with Crippen LogP contribution in [0.2, 0.25) is 0 Å². The second-order valence-corrected chi connectivity index (χ2v) is 14.3. The number of urea groups is 1. The molecule has 0 aromatic carbocycles. The Kier molecular flexibility index (Phi) is 14.8. The van der Waals surface area contributed by atoms with Crippen LogP contribution in [0.1, 0.15) is 105 Å². The second kappa shape index (κ2) is 16.7. The fraction of sp³-hybridized carbons (Fsp3) is 0.677. The lowest BCUT2D eigenvalue weighted by atomic mass is 10.1. The van der Waals surface area contributed by atoms with E-state index in [0.29, 0.717) is 29.6 Å². The zero-order valence-electron chi connectivity index (χ0n) is 27.7. The van der Waals surface area contributed by atoms with Crippen LogP contribution in [0.3, 0.4) is 0 Å². The molecule has 3 amide bonds. The maximum absolute atomic E-state index is 13.4. The Balaban J connectivity index is 2.95. The molecule has 44 heavy (non-hydrogen) atoms. The molecule has 13 heteroatoms. The smallest absolute Gasteiger partial charge is 0.329 e. The zero-order valence-corrected chi connectivity index (χ0v) is 29.3. The molecule has 0 saturated carbocycles. The van der Waals surface area contributed by atoms with Crippen molar-refractivity contribution in [2.75, 3.05) is 13.6 Å². The molecular formula is C31H49BrN4O8. The van der Waals surface area contributed by atoms with Crippen LogP contribution >= 0.6 is 15.9 Å². The third-order valence-electron chi connectivity index (χ3n) is 5.69. The van der Waals surface area contributed by atoms with Gasteiger partial charge in [0.15, 0.2) is 0 Å². The predicted octanol–water partition coefficient (Wildman–Crippen LogP) is 4.93. The van der Waals surface area contributed by atoms with Crippen LogP contribution in [0, 0.1) is 0 Å². The van der Waals surface area contributed by atoms with Crippen molar-refractivity contribution in [1.29, 1.82) is 0 Å². The number of amides is 3. The van der Waals surface area contributed by atoms with Crippen molar-refractivity contribution in [2.45, 2.75) is 123 Å². The van der Waals surface area contributed by atoms with E-state index in [1.54, 1.807) is 74.4 Å². The van der Waals surface area contributed by atoms with Gasteiger partial charge < -0.3 is 29.7 Å². The number of rotatable bonds is 13. The van der Waals surface area contributed by atoms with Crippen LogP contribution in [0.15, 0.2) is 22.9 Å². The SMILES string of the molecule is CN(C(=O)NC(CCC(=O)OC(C)(C)C)C(=O)OC(C)(C)C)C(CCCCNC(=O)c1ccc(Br)nc1)C(=O)OC(C)(C)C.